The first-order valence-corrected chi connectivity index (χ1v) is 10.3. The number of rotatable bonds is 8. The number of hydrogen-bond acceptors (Lipinski definition) is 6. The Morgan fingerprint density at radius 3 is 2.67 bits per heavy atom. The zero-order valence-electron chi connectivity index (χ0n) is 16.2. The van der Waals surface area contributed by atoms with Gasteiger partial charge in [0.15, 0.2) is 0 Å². The molecule has 1 fully saturated rings. The number of sulfonamides is 1. The Labute approximate surface area is 160 Å². The summed E-state index contributed by atoms with van der Waals surface area (Å²) in [6.45, 7) is 2.75. The predicted molar refractivity (Wildman–Crippen MR) is 101 cm³/mol. The molecule has 8 nitrogen and oxygen atoms in total. The summed E-state index contributed by atoms with van der Waals surface area (Å²) in [5, 5.41) is 2.87. The molecule has 0 spiro atoms. The molecule has 1 amide bonds. The lowest BCUT2D eigenvalue weighted by atomic mass is 9.98. The summed E-state index contributed by atoms with van der Waals surface area (Å²) in [7, 11) is 0.644. The van der Waals surface area contributed by atoms with Crippen LogP contribution in [0.5, 0.6) is 11.5 Å². The van der Waals surface area contributed by atoms with Gasteiger partial charge in [-0.05, 0) is 31.9 Å². The lowest BCUT2D eigenvalue weighted by molar-refractivity contribution is -0.127. The molecular weight excluding hydrogens is 372 g/mol. The lowest BCUT2D eigenvalue weighted by Crippen LogP contribution is -2.47. The van der Waals surface area contributed by atoms with Crippen LogP contribution in [0.2, 0.25) is 0 Å². The molecule has 0 radical (unpaired) electrons. The molecule has 1 heterocycles. The van der Waals surface area contributed by atoms with Crippen molar-refractivity contribution in [1.29, 1.82) is 0 Å². The molecule has 1 aliphatic heterocycles. The average Bonchev–Trinajstić information content (AvgIpc) is 2.67. The van der Waals surface area contributed by atoms with Gasteiger partial charge in [0.05, 0.1) is 26.7 Å². The van der Waals surface area contributed by atoms with Crippen LogP contribution in [0.4, 0.5) is 0 Å². The van der Waals surface area contributed by atoms with Gasteiger partial charge in [0.2, 0.25) is 15.9 Å². The second-order valence-electron chi connectivity index (χ2n) is 6.58. The molecule has 2 rings (SSSR count). The molecule has 152 valence electrons. The van der Waals surface area contributed by atoms with Crippen molar-refractivity contribution >= 4 is 15.9 Å². The third-order valence-electron chi connectivity index (χ3n) is 4.55. The number of carbonyl (C=O) groups excluding carboxylic acids is 1. The van der Waals surface area contributed by atoms with E-state index in [1.165, 1.54) is 24.6 Å². The second kappa shape index (κ2) is 9.38. The fourth-order valence-electron chi connectivity index (χ4n) is 3.15. The van der Waals surface area contributed by atoms with E-state index in [9.17, 15) is 13.2 Å². The van der Waals surface area contributed by atoms with Gasteiger partial charge < -0.3 is 19.5 Å². The number of benzene rings is 1. The molecule has 1 aliphatic rings. The first-order chi connectivity index (χ1) is 12.8. The van der Waals surface area contributed by atoms with Crippen LogP contribution >= 0.6 is 0 Å². The molecule has 0 bridgehead atoms. The molecule has 27 heavy (non-hydrogen) atoms. The molecule has 0 saturated carbocycles. The Hall–Kier alpha value is -1.84. The standard InChI is InChI=1S/C18H28N2O6S/c1-13(12-24-2)19-18(21)14-6-5-9-20(11-14)27(22,23)17-10-15(25-3)7-8-16(17)26-4/h7-8,10,13-14H,5-6,9,11-12H2,1-4H3,(H,19,21)/t13-,14+/m0/s1. The lowest BCUT2D eigenvalue weighted by Gasteiger charge is -2.32. The van der Waals surface area contributed by atoms with Gasteiger partial charge in [0.25, 0.3) is 0 Å². The van der Waals surface area contributed by atoms with Gasteiger partial charge in [-0.15, -0.1) is 0 Å². The van der Waals surface area contributed by atoms with E-state index < -0.39 is 15.9 Å². The fourth-order valence-corrected chi connectivity index (χ4v) is 4.85. The Morgan fingerprint density at radius 2 is 2.04 bits per heavy atom. The monoisotopic (exact) mass is 400 g/mol. The maximum absolute atomic E-state index is 13.2. The van der Waals surface area contributed by atoms with Crippen molar-refractivity contribution in [2.75, 3.05) is 41.0 Å². The van der Waals surface area contributed by atoms with Gasteiger partial charge in [-0.3, -0.25) is 4.79 Å². The van der Waals surface area contributed by atoms with Gasteiger partial charge in [0, 0.05) is 32.3 Å². The van der Waals surface area contributed by atoms with E-state index in [4.69, 9.17) is 14.2 Å². The van der Waals surface area contributed by atoms with Crippen molar-refractivity contribution in [2.45, 2.75) is 30.7 Å². The van der Waals surface area contributed by atoms with Crippen LogP contribution in [0.15, 0.2) is 23.1 Å². The van der Waals surface area contributed by atoms with E-state index in [0.29, 0.717) is 31.7 Å². The van der Waals surface area contributed by atoms with Gasteiger partial charge >= 0.3 is 0 Å². The fraction of sp³-hybridized carbons (Fsp3) is 0.611. The number of ether oxygens (including phenoxy) is 3. The van der Waals surface area contributed by atoms with Crippen LogP contribution < -0.4 is 14.8 Å². The van der Waals surface area contributed by atoms with Crippen LogP contribution in [0, 0.1) is 5.92 Å². The minimum atomic E-state index is -3.82. The molecule has 0 unspecified atom stereocenters. The summed E-state index contributed by atoms with van der Waals surface area (Å²) in [5.74, 6) is 0.117. The zero-order chi connectivity index (χ0) is 20.0. The highest BCUT2D eigenvalue weighted by atomic mass is 32.2. The van der Waals surface area contributed by atoms with E-state index >= 15 is 0 Å². The van der Waals surface area contributed by atoms with Crippen molar-refractivity contribution < 1.29 is 27.4 Å². The van der Waals surface area contributed by atoms with Crippen LogP contribution in [-0.2, 0) is 19.6 Å². The van der Waals surface area contributed by atoms with Crippen molar-refractivity contribution in [2.24, 2.45) is 5.92 Å². The van der Waals surface area contributed by atoms with Crippen LogP contribution in [0.1, 0.15) is 19.8 Å². The number of methoxy groups -OCH3 is 3. The number of hydrogen-bond donors (Lipinski definition) is 1. The Balaban J connectivity index is 2.20. The molecule has 1 N–H and O–H groups in total. The van der Waals surface area contributed by atoms with Crippen LogP contribution in [-0.4, -0.2) is 65.7 Å². The second-order valence-corrected chi connectivity index (χ2v) is 8.49. The third-order valence-corrected chi connectivity index (χ3v) is 6.44. The third kappa shape index (κ3) is 5.12. The normalized spacial score (nSPS) is 19.3. The van der Waals surface area contributed by atoms with E-state index in [1.807, 2.05) is 6.92 Å². The summed E-state index contributed by atoms with van der Waals surface area (Å²) in [6.07, 6.45) is 1.26. The van der Waals surface area contributed by atoms with Gasteiger partial charge in [0.1, 0.15) is 16.4 Å². The van der Waals surface area contributed by atoms with Gasteiger partial charge in [-0.1, -0.05) is 0 Å². The summed E-state index contributed by atoms with van der Waals surface area (Å²) in [4.78, 5) is 12.5. The van der Waals surface area contributed by atoms with Crippen molar-refractivity contribution in [3.8, 4) is 11.5 Å². The minimum Gasteiger partial charge on any atom is -0.497 e. The van der Waals surface area contributed by atoms with Gasteiger partial charge in [-0.25, -0.2) is 8.42 Å². The SMILES string of the molecule is COC[C@H](C)NC(=O)[C@@H]1CCCN(S(=O)(=O)c2cc(OC)ccc2OC)C1. The topological polar surface area (TPSA) is 94.2 Å². The predicted octanol–water partition coefficient (Wildman–Crippen LogP) is 1.26. The number of carbonyl (C=O) groups is 1. The molecule has 0 aliphatic carbocycles. The number of nitrogens with one attached hydrogen (secondary N) is 1. The Bertz CT molecular complexity index is 752. The maximum Gasteiger partial charge on any atom is 0.246 e. The van der Waals surface area contributed by atoms with Crippen molar-refractivity contribution in [3.63, 3.8) is 0 Å². The molecule has 1 aromatic carbocycles. The van der Waals surface area contributed by atoms with E-state index in [2.05, 4.69) is 5.32 Å². The van der Waals surface area contributed by atoms with Crippen LogP contribution in [0.25, 0.3) is 0 Å². The van der Waals surface area contributed by atoms with E-state index in [0.717, 1.165) is 0 Å². The van der Waals surface area contributed by atoms with Gasteiger partial charge in [-0.2, -0.15) is 4.31 Å². The van der Waals surface area contributed by atoms with Crippen molar-refractivity contribution in [3.05, 3.63) is 18.2 Å². The molecule has 9 heteroatoms. The molecular formula is C18H28N2O6S. The Morgan fingerprint density at radius 1 is 1.30 bits per heavy atom. The maximum atomic E-state index is 13.2. The first kappa shape index (κ1) is 21.5. The van der Waals surface area contributed by atoms with Crippen molar-refractivity contribution in [1.82, 2.24) is 9.62 Å². The number of amides is 1. The van der Waals surface area contributed by atoms with E-state index in [-0.39, 0.29) is 29.1 Å². The molecule has 1 saturated heterocycles. The largest absolute Gasteiger partial charge is 0.497 e. The summed E-state index contributed by atoms with van der Waals surface area (Å²) >= 11 is 0. The zero-order valence-corrected chi connectivity index (χ0v) is 17.0. The Kier molecular flexibility index (Phi) is 7.46. The quantitative estimate of drug-likeness (QED) is 0.706. The number of nitrogens with zero attached hydrogens (tertiary/aromatic N) is 1. The smallest absolute Gasteiger partial charge is 0.246 e. The highest BCUT2D eigenvalue weighted by Gasteiger charge is 2.35. The highest BCUT2D eigenvalue weighted by Crippen LogP contribution is 2.32. The summed E-state index contributed by atoms with van der Waals surface area (Å²) < 4.78 is 43.1. The molecule has 0 aromatic heterocycles. The minimum absolute atomic E-state index is 0.0400. The molecule has 2 atom stereocenters. The molecule has 1 aromatic rings. The van der Waals surface area contributed by atoms with Crippen LogP contribution in [0.3, 0.4) is 0 Å². The average molecular weight is 400 g/mol. The van der Waals surface area contributed by atoms with E-state index in [1.54, 1.807) is 19.2 Å². The number of piperidine rings is 1. The summed E-state index contributed by atoms with van der Waals surface area (Å²) in [5.41, 5.74) is 0. The first-order valence-electron chi connectivity index (χ1n) is 8.85. The highest BCUT2D eigenvalue weighted by molar-refractivity contribution is 7.89. The summed E-state index contributed by atoms with van der Waals surface area (Å²) in [6, 6.07) is 4.51.